The Bertz CT molecular complexity index is 1140. The number of fused-ring (bicyclic) bond motifs is 3. The first-order chi connectivity index (χ1) is 11.8. The van der Waals surface area contributed by atoms with Gasteiger partial charge in [0.15, 0.2) is 0 Å². The van der Waals surface area contributed by atoms with Crippen LogP contribution in [-0.4, -0.2) is 0 Å². The van der Waals surface area contributed by atoms with Crippen molar-refractivity contribution in [1.82, 2.24) is 0 Å². The molecular weight excluding hydrogens is 355 g/mol. The van der Waals surface area contributed by atoms with Crippen molar-refractivity contribution in [1.29, 1.82) is 0 Å². The van der Waals surface area contributed by atoms with E-state index in [4.69, 9.17) is 0 Å². The fraction of sp³-hybridized carbons (Fsp3) is 0. The maximum Gasteiger partial charge on any atom is 0.123 e. The number of thiophene rings is 3. The van der Waals surface area contributed by atoms with E-state index >= 15 is 0 Å². The standard InChI is InChI=1S/C20H11FS3/c21-14-8-6-13(7-9-14)16-11-18-20(24-16)19-17(22-18)10-15(23-19)12-4-2-1-3-5-12/h1-11H. The van der Waals surface area contributed by atoms with Crippen molar-refractivity contribution in [2.24, 2.45) is 0 Å². The number of hydrogen-bond donors (Lipinski definition) is 0. The molecule has 0 aliphatic carbocycles. The molecule has 5 aromatic rings. The summed E-state index contributed by atoms with van der Waals surface area (Å²) in [6.45, 7) is 0. The molecule has 0 radical (unpaired) electrons. The van der Waals surface area contributed by atoms with Crippen LogP contribution in [0, 0.1) is 5.82 Å². The maximum absolute atomic E-state index is 13.1. The molecule has 0 saturated heterocycles. The Morgan fingerprint density at radius 3 is 1.71 bits per heavy atom. The topological polar surface area (TPSA) is 0 Å². The van der Waals surface area contributed by atoms with Gasteiger partial charge in [0, 0.05) is 19.2 Å². The Kier molecular flexibility index (Phi) is 3.30. The number of hydrogen-bond acceptors (Lipinski definition) is 3. The van der Waals surface area contributed by atoms with Crippen LogP contribution >= 0.6 is 34.0 Å². The second kappa shape index (κ2) is 5.52. The van der Waals surface area contributed by atoms with E-state index in [1.54, 1.807) is 11.3 Å². The minimum atomic E-state index is -0.190. The van der Waals surface area contributed by atoms with Crippen molar-refractivity contribution >= 4 is 52.8 Å². The third-order valence-corrected chi connectivity index (χ3v) is 7.88. The molecular formula is C20H11FS3. The van der Waals surface area contributed by atoms with E-state index in [9.17, 15) is 4.39 Å². The summed E-state index contributed by atoms with van der Waals surface area (Å²) in [6, 6.07) is 21.8. The third kappa shape index (κ3) is 2.30. The smallest absolute Gasteiger partial charge is 0.123 e. The fourth-order valence-electron chi connectivity index (χ4n) is 2.84. The summed E-state index contributed by atoms with van der Waals surface area (Å²) >= 11 is 5.50. The zero-order chi connectivity index (χ0) is 16.1. The van der Waals surface area contributed by atoms with E-state index in [-0.39, 0.29) is 5.82 Å². The lowest BCUT2D eigenvalue weighted by Gasteiger charge is -1.95. The highest BCUT2D eigenvalue weighted by molar-refractivity contribution is 7.40. The Labute approximate surface area is 150 Å². The van der Waals surface area contributed by atoms with Crippen LogP contribution in [0.5, 0.6) is 0 Å². The van der Waals surface area contributed by atoms with Crippen LogP contribution in [0.2, 0.25) is 0 Å². The van der Waals surface area contributed by atoms with Gasteiger partial charge in [-0.3, -0.25) is 0 Å². The van der Waals surface area contributed by atoms with Crippen LogP contribution in [0.1, 0.15) is 0 Å². The monoisotopic (exact) mass is 366 g/mol. The molecule has 0 aliphatic rings. The molecule has 0 spiro atoms. The summed E-state index contributed by atoms with van der Waals surface area (Å²) in [5.74, 6) is -0.190. The molecule has 4 heteroatoms. The van der Waals surface area contributed by atoms with Crippen LogP contribution in [0.4, 0.5) is 4.39 Å². The lowest BCUT2D eigenvalue weighted by molar-refractivity contribution is 0.628. The predicted molar refractivity (Wildman–Crippen MR) is 106 cm³/mol. The Hall–Kier alpha value is -2.01. The molecule has 0 atom stereocenters. The molecule has 0 nitrogen and oxygen atoms in total. The Balaban J connectivity index is 1.65. The molecule has 0 N–H and O–H groups in total. The zero-order valence-electron chi connectivity index (χ0n) is 12.5. The summed E-state index contributed by atoms with van der Waals surface area (Å²) < 4.78 is 18.5. The molecule has 3 aromatic heterocycles. The predicted octanol–water partition coefficient (Wildman–Crippen LogP) is 7.65. The van der Waals surface area contributed by atoms with Crippen molar-refractivity contribution in [2.75, 3.05) is 0 Å². The third-order valence-electron chi connectivity index (χ3n) is 4.01. The molecule has 0 aliphatic heterocycles. The van der Waals surface area contributed by atoms with Crippen LogP contribution in [0.25, 0.3) is 39.7 Å². The molecule has 0 unspecified atom stereocenters. The summed E-state index contributed by atoms with van der Waals surface area (Å²) in [5.41, 5.74) is 2.35. The largest absolute Gasteiger partial charge is 0.207 e. The van der Waals surface area contributed by atoms with Gasteiger partial charge in [-0.25, -0.2) is 4.39 Å². The van der Waals surface area contributed by atoms with Gasteiger partial charge in [0.05, 0.1) is 9.40 Å². The molecule has 0 fully saturated rings. The van der Waals surface area contributed by atoms with Gasteiger partial charge in [0.1, 0.15) is 5.82 Å². The van der Waals surface area contributed by atoms with Gasteiger partial charge in [0.2, 0.25) is 0 Å². The van der Waals surface area contributed by atoms with Gasteiger partial charge in [-0.05, 0) is 35.4 Å². The Morgan fingerprint density at radius 2 is 1.12 bits per heavy atom. The summed E-state index contributed by atoms with van der Waals surface area (Å²) in [5, 5.41) is 0. The van der Waals surface area contributed by atoms with Gasteiger partial charge in [-0.15, -0.1) is 34.0 Å². The van der Waals surface area contributed by atoms with E-state index in [0.717, 1.165) is 5.56 Å². The maximum atomic E-state index is 13.1. The molecule has 2 aromatic carbocycles. The van der Waals surface area contributed by atoms with E-state index < -0.39 is 0 Å². The normalized spacial score (nSPS) is 11.5. The zero-order valence-corrected chi connectivity index (χ0v) is 14.9. The van der Waals surface area contributed by atoms with Crippen molar-refractivity contribution in [3.8, 4) is 20.9 Å². The average Bonchev–Trinajstić information content (AvgIpc) is 3.26. The van der Waals surface area contributed by atoms with E-state index in [1.807, 2.05) is 40.9 Å². The van der Waals surface area contributed by atoms with Crippen molar-refractivity contribution in [2.45, 2.75) is 0 Å². The molecule has 0 bridgehead atoms. The molecule has 0 saturated carbocycles. The molecule has 3 heterocycles. The first kappa shape index (κ1) is 14.3. The number of rotatable bonds is 2. The second-order valence-corrected chi connectivity index (χ2v) is 8.77. The summed E-state index contributed by atoms with van der Waals surface area (Å²) in [4.78, 5) is 2.52. The first-order valence-electron chi connectivity index (χ1n) is 7.55. The Morgan fingerprint density at radius 1 is 0.583 bits per heavy atom. The van der Waals surface area contributed by atoms with Crippen molar-refractivity contribution in [3.63, 3.8) is 0 Å². The minimum absolute atomic E-state index is 0.190. The van der Waals surface area contributed by atoms with Crippen LogP contribution < -0.4 is 0 Å². The highest BCUT2D eigenvalue weighted by Crippen LogP contribution is 2.47. The minimum Gasteiger partial charge on any atom is -0.207 e. The summed E-state index contributed by atoms with van der Waals surface area (Å²) in [7, 11) is 0. The number of benzene rings is 2. The van der Waals surface area contributed by atoms with Gasteiger partial charge >= 0.3 is 0 Å². The molecule has 116 valence electrons. The van der Waals surface area contributed by atoms with Crippen molar-refractivity contribution < 1.29 is 4.39 Å². The van der Waals surface area contributed by atoms with Gasteiger partial charge < -0.3 is 0 Å². The van der Waals surface area contributed by atoms with Crippen LogP contribution in [0.3, 0.4) is 0 Å². The van der Waals surface area contributed by atoms with Crippen LogP contribution in [-0.2, 0) is 0 Å². The van der Waals surface area contributed by atoms with E-state index in [0.29, 0.717) is 0 Å². The lowest BCUT2D eigenvalue weighted by atomic mass is 10.2. The summed E-state index contributed by atoms with van der Waals surface area (Å²) in [6.07, 6.45) is 0. The van der Waals surface area contributed by atoms with Gasteiger partial charge in [0.25, 0.3) is 0 Å². The number of halogens is 1. The quantitative estimate of drug-likeness (QED) is 0.301. The second-order valence-electron chi connectivity index (χ2n) is 5.58. The SMILES string of the molecule is Fc1ccc(-c2cc3sc4cc(-c5ccccc5)sc4c3s2)cc1. The van der Waals surface area contributed by atoms with E-state index in [2.05, 4.69) is 36.4 Å². The van der Waals surface area contributed by atoms with E-state index in [1.165, 1.54) is 46.3 Å². The van der Waals surface area contributed by atoms with Crippen LogP contribution in [0.15, 0.2) is 66.7 Å². The highest BCUT2D eigenvalue weighted by Gasteiger charge is 2.14. The van der Waals surface area contributed by atoms with Gasteiger partial charge in [-0.2, -0.15) is 0 Å². The average molecular weight is 367 g/mol. The van der Waals surface area contributed by atoms with Gasteiger partial charge in [-0.1, -0.05) is 42.5 Å². The molecule has 24 heavy (non-hydrogen) atoms. The first-order valence-corrected chi connectivity index (χ1v) is 10.00. The molecule has 5 rings (SSSR count). The fourth-order valence-corrected chi connectivity index (χ4v) is 6.87. The highest BCUT2D eigenvalue weighted by atomic mass is 32.1. The molecule has 0 amide bonds. The lowest BCUT2D eigenvalue weighted by Crippen LogP contribution is -1.73. The van der Waals surface area contributed by atoms with Crippen molar-refractivity contribution in [3.05, 3.63) is 72.5 Å².